The molecule has 2 N–H and O–H groups in total. The summed E-state index contributed by atoms with van der Waals surface area (Å²) in [5.74, 6) is 1.01. The lowest BCUT2D eigenvalue weighted by Gasteiger charge is -2.32. The van der Waals surface area contributed by atoms with E-state index in [-0.39, 0.29) is 49.5 Å². The number of aromatic nitrogens is 3. The Labute approximate surface area is 350 Å². The van der Waals surface area contributed by atoms with Gasteiger partial charge in [0.05, 0.1) is 69.8 Å². The van der Waals surface area contributed by atoms with E-state index in [2.05, 4.69) is 34.7 Å². The topological polar surface area (TPSA) is 176 Å². The fraction of sp³-hybridized carbons (Fsp3) is 0.425. The van der Waals surface area contributed by atoms with E-state index >= 15 is 0 Å². The zero-order chi connectivity index (χ0) is 41.2. The van der Waals surface area contributed by atoms with Crippen LogP contribution in [0.15, 0.2) is 47.5 Å². The summed E-state index contributed by atoms with van der Waals surface area (Å²) >= 11 is 13.7. The number of amides is 3. The van der Waals surface area contributed by atoms with E-state index < -0.39 is 6.04 Å². The predicted octanol–water partition coefficient (Wildman–Crippen LogP) is 4.84. The van der Waals surface area contributed by atoms with Crippen LogP contribution in [0.4, 0.5) is 11.4 Å². The van der Waals surface area contributed by atoms with E-state index in [4.69, 9.17) is 47.7 Å². The van der Waals surface area contributed by atoms with Crippen molar-refractivity contribution in [2.45, 2.75) is 39.7 Å². The number of aryl methyl sites for hydroxylation is 2. The van der Waals surface area contributed by atoms with Crippen LogP contribution in [-0.4, -0.2) is 110 Å². The number of hydrogen-bond donors (Lipinski definition) is 2. The van der Waals surface area contributed by atoms with Gasteiger partial charge >= 0.3 is 0 Å². The number of halogens is 2. The Morgan fingerprint density at radius 2 is 1.74 bits per heavy atom. The van der Waals surface area contributed by atoms with Crippen molar-refractivity contribution >= 4 is 69.3 Å². The number of aliphatic imine (C=N–C) groups is 1. The average Bonchev–Trinajstić information content (AvgIpc) is 3.70. The first-order chi connectivity index (χ1) is 28.1. The number of fused-ring (bicyclic) bond motifs is 4. The third-order valence-electron chi connectivity index (χ3n) is 9.66. The molecule has 0 bridgehead atoms. The molecular formula is C40H45Cl2N9O6S. The maximum absolute atomic E-state index is 13.2. The molecular weight excluding hydrogens is 805 g/mol. The van der Waals surface area contributed by atoms with Gasteiger partial charge in [-0.25, -0.2) is 0 Å². The van der Waals surface area contributed by atoms with E-state index in [0.29, 0.717) is 75.0 Å². The maximum atomic E-state index is 13.2. The molecule has 2 aliphatic rings. The second-order valence-electron chi connectivity index (χ2n) is 13.5. The molecule has 1 atom stereocenters. The lowest BCUT2D eigenvalue weighted by molar-refractivity contribution is -0.122. The number of thiophene rings is 1. The van der Waals surface area contributed by atoms with Gasteiger partial charge in [-0.05, 0) is 50.6 Å². The van der Waals surface area contributed by atoms with Crippen LogP contribution in [0.3, 0.4) is 0 Å². The van der Waals surface area contributed by atoms with Crippen LogP contribution in [0, 0.1) is 32.1 Å². The Kier molecular flexibility index (Phi) is 14.7. The minimum absolute atomic E-state index is 0.0795. The van der Waals surface area contributed by atoms with Gasteiger partial charge < -0.3 is 34.6 Å². The summed E-state index contributed by atoms with van der Waals surface area (Å²) in [4.78, 5) is 48.0. The van der Waals surface area contributed by atoms with Crippen LogP contribution < -0.4 is 25.2 Å². The van der Waals surface area contributed by atoms with Crippen molar-refractivity contribution in [3.8, 4) is 16.8 Å². The standard InChI is InChI=1S/C40H45Cl2N9O6S/c1-25-26(2)58-40-37(25)38(28-5-7-29(42)8-6-28)46-31(39-48-47-27(3)51(39)40)22-34(52)44-12-16-55-19-20-56-17-13-45-35(53)24-49-15-18-57-33-21-30(9-10-32(33)49)50(14-4-11-43)36(54)23-41/h5-10,21,31H,4,12-20,22-24H2,1-3H3,(H,44,52)(H,45,53)/t31-/m0/s1. The summed E-state index contributed by atoms with van der Waals surface area (Å²) in [7, 11) is 0. The molecule has 0 aliphatic carbocycles. The first-order valence-electron chi connectivity index (χ1n) is 18.9. The number of nitriles is 1. The summed E-state index contributed by atoms with van der Waals surface area (Å²) in [5.41, 5.74) is 5.13. The SMILES string of the molecule is Cc1sc2c(c1C)C(c1ccc(Cl)cc1)=N[C@@H](CC(=O)NCCOCCOCCNC(=O)CN1CCOc3cc(N(CCC#N)C(=O)CCl)ccc31)c1nnc(C)n1-2. The maximum Gasteiger partial charge on any atom is 0.241 e. The first-order valence-corrected chi connectivity index (χ1v) is 20.6. The van der Waals surface area contributed by atoms with Gasteiger partial charge in [0.25, 0.3) is 0 Å². The van der Waals surface area contributed by atoms with Crippen molar-refractivity contribution < 1.29 is 28.6 Å². The van der Waals surface area contributed by atoms with E-state index in [1.54, 1.807) is 29.5 Å². The zero-order valence-electron chi connectivity index (χ0n) is 32.6. The molecule has 0 spiro atoms. The molecule has 18 heteroatoms. The highest BCUT2D eigenvalue weighted by Gasteiger charge is 2.32. The Bertz CT molecular complexity index is 2190. The lowest BCUT2D eigenvalue weighted by Crippen LogP contribution is -2.42. The molecule has 0 unspecified atom stereocenters. The predicted molar refractivity (Wildman–Crippen MR) is 223 cm³/mol. The molecule has 2 aromatic carbocycles. The van der Waals surface area contributed by atoms with Crippen molar-refractivity contribution in [2.24, 2.45) is 4.99 Å². The molecule has 58 heavy (non-hydrogen) atoms. The molecule has 2 aliphatic heterocycles. The van der Waals surface area contributed by atoms with Crippen LogP contribution in [0.5, 0.6) is 5.75 Å². The normalized spacial score (nSPS) is 14.2. The largest absolute Gasteiger partial charge is 0.489 e. The van der Waals surface area contributed by atoms with Gasteiger partial charge in [0.15, 0.2) is 5.82 Å². The van der Waals surface area contributed by atoms with E-state index in [9.17, 15) is 14.4 Å². The van der Waals surface area contributed by atoms with Gasteiger partial charge in [-0.1, -0.05) is 23.7 Å². The molecule has 306 valence electrons. The number of rotatable bonds is 18. The number of carbonyl (C=O) groups excluding carboxylic acids is 3. The molecule has 15 nitrogen and oxygen atoms in total. The summed E-state index contributed by atoms with van der Waals surface area (Å²) in [6.07, 6.45) is 0.245. The van der Waals surface area contributed by atoms with Crippen LogP contribution in [0.1, 0.15) is 52.1 Å². The zero-order valence-corrected chi connectivity index (χ0v) is 34.9. The Morgan fingerprint density at radius 3 is 2.45 bits per heavy atom. The third-order valence-corrected chi connectivity index (χ3v) is 11.3. The average molecular weight is 851 g/mol. The first kappa shape index (κ1) is 42.6. The number of nitrogens with zero attached hydrogens (tertiary/aromatic N) is 7. The van der Waals surface area contributed by atoms with E-state index in [1.807, 2.05) is 46.7 Å². The molecule has 4 aromatic rings. The van der Waals surface area contributed by atoms with Gasteiger partial charge in [0, 0.05) is 52.4 Å². The van der Waals surface area contributed by atoms with Crippen LogP contribution in [0.2, 0.25) is 5.02 Å². The molecule has 0 saturated carbocycles. The van der Waals surface area contributed by atoms with Crippen molar-refractivity contribution in [3.63, 3.8) is 0 Å². The summed E-state index contributed by atoms with van der Waals surface area (Å²) in [6.45, 7) is 9.18. The number of anilines is 2. The monoisotopic (exact) mass is 849 g/mol. The van der Waals surface area contributed by atoms with E-state index in [1.165, 1.54) is 9.78 Å². The lowest BCUT2D eigenvalue weighted by atomic mass is 9.99. The second kappa shape index (κ2) is 20.1. The number of alkyl halides is 1. The molecule has 3 amide bonds. The van der Waals surface area contributed by atoms with Crippen LogP contribution in [0.25, 0.3) is 5.00 Å². The highest BCUT2D eigenvalue weighted by atomic mass is 35.5. The Morgan fingerprint density at radius 1 is 1.02 bits per heavy atom. The fourth-order valence-electron chi connectivity index (χ4n) is 6.69. The molecule has 0 saturated heterocycles. The van der Waals surface area contributed by atoms with Crippen molar-refractivity contribution in [2.75, 3.05) is 81.4 Å². The van der Waals surface area contributed by atoms with Gasteiger partial charge in [0.2, 0.25) is 17.7 Å². The second-order valence-corrected chi connectivity index (χ2v) is 15.4. The minimum atomic E-state index is -0.564. The third kappa shape index (κ3) is 10.1. The molecule has 2 aromatic heterocycles. The minimum Gasteiger partial charge on any atom is -0.489 e. The van der Waals surface area contributed by atoms with Crippen molar-refractivity contribution in [1.82, 2.24) is 25.4 Å². The highest BCUT2D eigenvalue weighted by Crippen LogP contribution is 2.40. The Hall–Kier alpha value is -5.05. The fourth-order valence-corrected chi connectivity index (χ4v) is 8.17. The Balaban J connectivity index is 0.906. The number of nitrogens with one attached hydrogen (secondary N) is 2. The van der Waals surface area contributed by atoms with Gasteiger partial charge in [-0.15, -0.1) is 33.1 Å². The quantitative estimate of drug-likeness (QED) is 0.104. The van der Waals surface area contributed by atoms with Crippen LogP contribution in [-0.2, 0) is 23.9 Å². The molecule has 4 heterocycles. The number of hydrogen-bond acceptors (Lipinski definition) is 12. The summed E-state index contributed by atoms with van der Waals surface area (Å²) < 4.78 is 19.1. The molecule has 0 fully saturated rings. The van der Waals surface area contributed by atoms with Gasteiger partial charge in [-0.2, -0.15) is 5.26 Å². The number of ether oxygens (including phenoxy) is 3. The summed E-state index contributed by atoms with van der Waals surface area (Å²) in [5, 5.41) is 25.2. The number of benzene rings is 2. The van der Waals surface area contributed by atoms with Crippen molar-refractivity contribution in [1.29, 1.82) is 5.26 Å². The summed E-state index contributed by atoms with van der Waals surface area (Å²) in [6, 6.07) is 14.3. The van der Waals surface area contributed by atoms with Crippen molar-refractivity contribution in [3.05, 3.63) is 80.7 Å². The molecule has 0 radical (unpaired) electrons. The van der Waals surface area contributed by atoms with E-state index in [0.717, 1.165) is 38.9 Å². The van der Waals surface area contributed by atoms with Crippen LogP contribution >= 0.6 is 34.5 Å². The number of carbonyl (C=O) groups is 3. The van der Waals surface area contributed by atoms with Gasteiger partial charge in [-0.3, -0.25) is 23.9 Å². The molecule has 6 rings (SSSR count). The highest BCUT2D eigenvalue weighted by molar-refractivity contribution is 7.15. The smallest absolute Gasteiger partial charge is 0.241 e. The van der Waals surface area contributed by atoms with Gasteiger partial charge in [0.1, 0.15) is 35.1 Å².